The lowest BCUT2D eigenvalue weighted by Gasteiger charge is -2.50. The number of benzene rings is 1. The maximum Gasteiger partial charge on any atom is 0.254 e. The molecule has 0 aliphatic carbocycles. The number of ether oxygens (including phenoxy) is 2. The minimum absolute atomic E-state index is 0.0837. The SMILES string of the molecule is Cn1ccc2cc(C(=O)N3CC4(C3)OCC[C@@H]4CCOc3ccccn3)ccc21. The number of likely N-dealkylation sites (tertiary alicyclic amines) is 1. The number of aromatic nitrogens is 2. The molecule has 150 valence electrons. The van der Waals surface area contributed by atoms with E-state index in [0.717, 1.165) is 35.9 Å². The van der Waals surface area contributed by atoms with E-state index in [1.54, 1.807) is 6.20 Å². The Morgan fingerprint density at radius 2 is 2.17 bits per heavy atom. The molecule has 2 aromatic heterocycles. The van der Waals surface area contributed by atoms with Crippen molar-refractivity contribution in [3.05, 3.63) is 60.4 Å². The van der Waals surface area contributed by atoms with E-state index in [1.165, 1.54) is 0 Å². The van der Waals surface area contributed by atoms with Gasteiger partial charge in [0.25, 0.3) is 5.91 Å². The molecule has 6 nitrogen and oxygen atoms in total. The predicted octanol–water partition coefficient (Wildman–Crippen LogP) is 3.27. The number of pyridine rings is 1. The van der Waals surface area contributed by atoms with Crippen LogP contribution < -0.4 is 4.74 Å². The molecule has 0 bridgehead atoms. The molecule has 0 N–H and O–H groups in total. The minimum atomic E-state index is -0.208. The van der Waals surface area contributed by atoms with Crippen LogP contribution in [0.2, 0.25) is 0 Å². The van der Waals surface area contributed by atoms with Gasteiger partial charge in [-0.05, 0) is 49.1 Å². The van der Waals surface area contributed by atoms with E-state index >= 15 is 0 Å². The fourth-order valence-corrected chi connectivity index (χ4v) is 4.62. The van der Waals surface area contributed by atoms with Crippen LogP contribution in [0, 0.1) is 5.92 Å². The van der Waals surface area contributed by atoms with E-state index in [0.29, 0.717) is 31.5 Å². The van der Waals surface area contributed by atoms with Crippen molar-refractivity contribution in [1.29, 1.82) is 0 Å². The Morgan fingerprint density at radius 1 is 1.28 bits per heavy atom. The molecule has 0 saturated carbocycles. The van der Waals surface area contributed by atoms with Gasteiger partial charge in [0.2, 0.25) is 5.88 Å². The number of carbonyl (C=O) groups excluding carboxylic acids is 1. The van der Waals surface area contributed by atoms with Gasteiger partial charge in [-0.1, -0.05) is 6.07 Å². The van der Waals surface area contributed by atoms with Gasteiger partial charge in [-0.25, -0.2) is 4.98 Å². The first-order chi connectivity index (χ1) is 14.1. The Bertz CT molecular complexity index is 1020. The van der Waals surface area contributed by atoms with Gasteiger partial charge in [-0.2, -0.15) is 0 Å². The molecular weight excluding hydrogens is 366 g/mol. The monoisotopic (exact) mass is 391 g/mol. The molecule has 1 amide bonds. The molecule has 2 aliphatic rings. The number of amides is 1. The lowest BCUT2D eigenvalue weighted by molar-refractivity contribution is -0.119. The molecule has 1 spiro atoms. The van der Waals surface area contributed by atoms with Gasteiger partial charge in [0.1, 0.15) is 5.60 Å². The maximum absolute atomic E-state index is 13.0. The third kappa shape index (κ3) is 3.27. The Balaban J connectivity index is 1.20. The molecule has 6 heteroatoms. The van der Waals surface area contributed by atoms with E-state index in [1.807, 2.05) is 60.6 Å². The van der Waals surface area contributed by atoms with Crippen LogP contribution in [0.25, 0.3) is 10.9 Å². The van der Waals surface area contributed by atoms with Crippen LogP contribution in [0.5, 0.6) is 5.88 Å². The van der Waals surface area contributed by atoms with E-state index in [4.69, 9.17) is 9.47 Å². The van der Waals surface area contributed by atoms with Gasteiger partial charge >= 0.3 is 0 Å². The third-order valence-electron chi connectivity index (χ3n) is 6.29. The first-order valence-corrected chi connectivity index (χ1v) is 10.2. The van der Waals surface area contributed by atoms with E-state index in [-0.39, 0.29) is 11.5 Å². The van der Waals surface area contributed by atoms with Crippen molar-refractivity contribution in [2.45, 2.75) is 18.4 Å². The highest BCUT2D eigenvalue weighted by atomic mass is 16.5. The van der Waals surface area contributed by atoms with Gasteiger partial charge in [0, 0.05) is 48.6 Å². The highest BCUT2D eigenvalue weighted by Crippen LogP contribution is 2.42. The smallest absolute Gasteiger partial charge is 0.254 e. The molecule has 1 atom stereocenters. The molecule has 3 aromatic rings. The first-order valence-electron chi connectivity index (χ1n) is 10.2. The summed E-state index contributed by atoms with van der Waals surface area (Å²) >= 11 is 0. The number of aryl methyl sites for hydroxylation is 1. The topological polar surface area (TPSA) is 56.6 Å². The van der Waals surface area contributed by atoms with Crippen molar-refractivity contribution in [2.24, 2.45) is 13.0 Å². The second kappa shape index (κ2) is 7.19. The van der Waals surface area contributed by atoms with E-state index < -0.39 is 0 Å². The van der Waals surface area contributed by atoms with Crippen LogP contribution in [-0.4, -0.2) is 52.3 Å². The second-order valence-electron chi connectivity index (χ2n) is 8.07. The highest BCUT2D eigenvalue weighted by Gasteiger charge is 2.54. The molecule has 2 aliphatic heterocycles. The highest BCUT2D eigenvalue weighted by molar-refractivity contribution is 5.98. The quantitative estimate of drug-likeness (QED) is 0.670. The molecule has 29 heavy (non-hydrogen) atoms. The molecule has 4 heterocycles. The molecular formula is C23H25N3O3. The molecule has 0 unspecified atom stereocenters. The molecule has 2 fully saturated rings. The van der Waals surface area contributed by atoms with Crippen molar-refractivity contribution in [3.63, 3.8) is 0 Å². The van der Waals surface area contributed by atoms with Crippen LogP contribution in [0.15, 0.2) is 54.9 Å². The fraction of sp³-hybridized carbons (Fsp3) is 0.391. The average molecular weight is 391 g/mol. The summed E-state index contributed by atoms with van der Waals surface area (Å²) in [7, 11) is 2.01. The number of nitrogens with zero attached hydrogens (tertiary/aromatic N) is 3. The summed E-state index contributed by atoms with van der Waals surface area (Å²) in [6.07, 6.45) is 5.68. The minimum Gasteiger partial charge on any atom is -0.478 e. The van der Waals surface area contributed by atoms with Gasteiger partial charge < -0.3 is 18.9 Å². The predicted molar refractivity (Wildman–Crippen MR) is 110 cm³/mol. The standard InChI is InChI=1S/C23H25N3O3/c1-25-11-7-17-14-18(5-6-20(17)25)22(27)26-15-23(16-26)19(9-13-29-23)8-12-28-21-4-2-3-10-24-21/h2-7,10-11,14,19H,8-9,12-13,15-16H2,1H3/t19-/m0/s1. The Kier molecular flexibility index (Phi) is 4.51. The van der Waals surface area contributed by atoms with Crippen LogP contribution in [0.1, 0.15) is 23.2 Å². The molecule has 2 saturated heterocycles. The normalized spacial score (nSPS) is 20.2. The Labute approximate surface area is 170 Å². The summed E-state index contributed by atoms with van der Waals surface area (Å²) in [4.78, 5) is 19.1. The zero-order chi connectivity index (χ0) is 19.8. The fourth-order valence-electron chi connectivity index (χ4n) is 4.62. The van der Waals surface area contributed by atoms with Crippen LogP contribution >= 0.6 is 0 Å². The Morgan fingerprint density at radius 3 is 3.00 bits per heavy atom. The second-order valence-corrected chi connectivity index (χ2v) is 8.07. The average Bonchev–Trinajstić information content (AvgIpc) is 3.31. The van der Waals surface area contributed by atoms with Gasteiger partial charge in [-0.15, -0.1) is 0 Å². The summed E-state index contributed by atoms with van der Waals surface area (Å²) in [6.45, 7) is 2.69. The molecule has 1 aromatic carbocycles. The maximum atomic E-state index is 13.0. The van der Waals surface area contributed by atoms with Crippen LogP contribution in [-0.2, 0) is 11.8 Å². The first kappa shape index (κ1) is 18.2. The third-order valence-corrected chi connectivity index (χ3v) is 6.29. The van der Waals surface area contributed by atoms with Gasteiger partial charge in [0.05, 0.1) is 19.7 Å². The van der Waals surface area contributed by atoms with Crippen molar-refractivity contribution >= 4 is 16.8 Å². The summed E-state index contributed by atoms with van der Waals surface area (Å²) in [6, 6.07) is 13.6. The van der Waals surface area contributed by atoms with Crippen LogP contribution in [0.3, 0.4) is 0 Å². The number of fused-ring (bicyclic) bond motifs is 1. The van der Waals surface area contributed by atoms with E-state index in [9.17, 15) is 4.79 Å². The summed E-state index contributed by atoms with van der Waals surface area (Å²) < 4.78 is 13.9. The summed E-state index contributed by atoms with van der Waals surface area (Å²) in [5.74, 6) is 1.15. The van der Waals surface area contributed by atoms with Crippen molar-refractivity contribution < 1.29 is 14.3 Å². The number of rotatable bonds is 5. The lowest BCUT2D eigenvalue weighted by Crippen LogP contribution is -2.66. The van der Waals surface area contributed by atoms with E-state index in [2.05, 4.69) is 9.55 Å². The van der Waals surface area contributed by atoms with Crippen molar-refractivity contribution in [3.8, 4) is 5.88 Å². The van der Waals surface area contributed by atoms with Gasteiger partial charge in [-0.3, -0.25) is 4.79 Å². The molecule has 5 rings (SSSR count). The number of hydrogen-bond acceptors (Lipinski definition) is 4. The molecule has 0 radical (unpaired) electrons. The largest absolute Gasteiger partial charge is 0.478 e. The zero-order valence-corrected chi connectivity index (χ0v) is 16.6. The van der Waals surface area contributed by atoms with Crippen molar-refractivity contribution in [1.82, 2.24) is 14.5 Å². The number of hydrogen-bond donors (Lipinski definition) is 0. The Hall–Kier alpha value is -2.86. The summed E-state index contributed by atoms with van der Waals surface area (Å²) in [5, 5.41) is 1.09. The van der Waals surface area contributed by atoms with Gasteiger partial charge in [0.15, 0.2) is 0 Å². The number of carbonyl (C=O) groups is 1. The lowest BCUT2D eigenvalue weighted by atomic mass is 9.79. The zero-order valence-electron chi connectivity index (χ0n) is 16.6. The van der Waals surface area contributed by atoms with Crippen molar-refractivity contribution in [2.75, 3.05) is 26.3 Å². The van der Waals surface area contributed by atoms with Crippen LogP contribution in [0.4, 0.5) is 0 Å². The summed E-state index contributed by atoms with van der Waals surface area (Å²) in [5.41, 5.74) is 1.67.